The van der Waals surface area contributed by atoms with Crippen LogP contribution in [0.2, 0.25) is 0 Å². The number of nitrogens with zero attached hydrogens (tertiary/aromatic N) is 2. The molecule has 0 radical (unpaired) electrons. The van der Waals surface area contributed by atoms with Crippen LogP contribution in [-0.4, -0.2) is 72.7 Å². The lowest BCUT2D eigenvalue weighted by molar-refractivity contribution is 0.208. The molecule has 17 heavy (non-hydrogen) atoms. The molecule has 2 saturated heterocycles. The number of hydrogen-bond acceptors (Lipinski definition) is 4. The van der Waals surface area contributed by atoms with E-state index in [0.717, 1.165) is 10.5 Å². The molecule has 100 valence electrons. The Hall–Kier alpha value is 0.230. The maximum Gasteiger partial charge on any atom is 0.0149 e. The van der Waals surface area contributed by atoms with Crippen molar-refractivity contribution < 1.29 is 0 Å². The second-order valence-corrected chi connectivity index (χ2v) is 7.34. The average molecular weight is 257 g/mol. The first kappa shape index (κ1) is 13.7. The highest BCUT2D eigenvalue weighted by Crippen LogP contribution is 2.24. The van der Waals surface area contributed by atoms with Gasteiger partial charge in [0.1, 0.15) is 0 Å². The monoisotopic (exact) mass is 257 g/mol. The lowest BCUT2D eigenvalue weighted by Gasteiger charge is -2.35. The van der Waals surface area contributed by atoms with Crippen LogP contribution < -0.4 is 5.32 Å². The third kappa shape index (κ3) is 4.78. The molecule has 3 nitrogen and oxygen atoms in total. The minimum absolute atomic E-state index is 0.810. The van der Waals surface area contributed by atoms with Gasteiger partial charge in [-0.2, -0.15) is 11.8 Å². The smallest absolute Gasteiger partial charge is 0.0149 e. The van der Waals surface area contributed by atoms with Crippen molar-refractivity contribution in [2.24, 2.45) is 0 Å². The van der Waals surface area contributed by atoms with Crippen molar-refractivity contribution in [2.45, 2.75) is 30.8 Å². The van der Waals surface area contributed by atoms with Gasteiger partial charge in [0.05, 0.1) is 0 Å². The van der Waals surface area contributed by atoms with Crippen molar-refractivity contribution in [3.05, 3.63) is 0 Å². The number of rotatable bonds is 3. The molecule has 2 atom stereocenters. The van der Waals surface area contributed by atoms with Gasteiger partial charge in [-0.3, -0.25) is 4.90 Å². The first-order valence-electron chi connectivity index (χ1n) is 7.05. The summed E-state index contributed by atoms with van der Waals surface area (Å²) >= 11 is 2.14. The fourth-order valence-corrected chi connectivity index (χ4v) is 4.26. The molecule has 2 fully saturated rings. The van der Waals surface area contributed by atoms with Gasteiger partial charge in [0.15, 0.2) is 0 Å². The summed E-state index contributed by atoms with van der Waals surface area (Å²) in [7, 11) is 0. The predicted molar refractivity (Wildman–Crippen MR) is 76.9 cm³/mol. The highest BCUT2D eigenvalue weighted by molar-refractivity contribution is 8.00. The van der Waals surface area contributed by atoms with E-state index in [0.29, 0.717) is 0 Å². The molecule has 2 rings (SSSR count). The summed E-state index contributed by atoms with van der Waals surface area (Å²) in [6.07, 6.45) is 1.31. The van der Waals surface area contributed by atoms with E-state index >= 15 is 0 Å². The van der Waals surface area contributed by atoms with Gasteiger partial charge < -0.3 is 10.2 Å². The molecule has 4 heteroatoms. The summed E-state index contributed by atoms with van der Waals surface area (Å²) in [6.45, 7) is 14.7. The summed E-state index contributed by atoms with van der Waals surface area (Å²) in [5.74, 6) is 0. The standard InChI is InChI=1S/C13H27N3S/c1-12-10-16(11-13(2)17-12)9-8-15-6-3-4-14-5-7-15/h12-14H,3-11H2,1-2H3. The Morgan fingerprint density at radius 2 is 1.71 bits per heavy atom. The van der Waals surface area contributed by atoms with E-state index in [1.165, 1.54) is 58.8 Å². The molecule has 0 bridgehead atoms. The van der Waals surface area contributed by atoms with Crippen LogP contribution in [0.3, 0.4) is 0 Å². The molecule has 1 N–H and O–H groups in total. The van der Waals surface area contributed by atoms with E-state index in [9.17, 15) is 0 Å². The van der Waals surface area contributed by atoms with Crippen LogP contribution in [-0.2, 0) is 0 Å². The van der Waals surface area contributed by atoms with E-state index in [4.69, 9.17) is 0 Å². The van der Waals surface area contributed by atoms with Gasteiger partial charge in [-0.15, -0.1) is 0 Å². The Labute approximate surface area is 110 Å². The third-order valence-corrected chi connectivity index (χ3v) is 4.89. The molecule has 2 heterocycles. The lowest BCUT2D eigenvalue weighted by atomic mass is 10.3. The first-order chi connectivity index (χ1) is 8.24. The van der Waals surface area contributed by atoms with Crippen LogP contribution in [0.1, 0.15) is 20.3 Å². The van der Waals surface area contributed by atoms with Crippen molar-refractivity contribution in [1.29, 1.82) is 0 Å². The molecule has 2 aliphatic heterocycles. The average Bonchev–Trinajstić information content (AvgIpc) is 2.53. The fourth-order valence-electron chi connectivity index (χ4n) is 2.88. The highest BCUT2D eigenvalue weighted by Gasteiger charge is 2.22. The molecule has 0 aliphatic carbocycles. The molecule has 2 aliphatic rings. The van der Waals surface area contributed by atoms with E-state index in [-0.39, 0.29) is 0 Å². The Balaban J connectivity index is 1.69. The van der Waals surface area contributed by atoms with E-state index in [2.05, 4.69) is 40.7 Å². The van der Waals surface area contributed by atoms with Crippen molar-refractivity contribution in [1.82, 2.24) is 15.1 Å². The molecule has 2 unspecified atom stereocenters. The first-order valence-corrected chi connectivity index (χ1v) is 7.99. The molecule has 0 aromatic carbocycles. The van der Waals surface area contributed by atoms with Crippen LogP contribution in [0, 0.1) is 0 Å². The maximum atomic E-state index is 3.47. The van der Waals surface area contributed by atoms with Gasteiger partial charge in [-0.05, 0) is 19.5 Å². The number of thioether (sulfide) groups is 1. The van der Waals surface area contributed by atoms with Crippen molar-refractivity contribution in [3.63, 3.8) is 0 Å². The zero-order chi connectivity index (χ0) is 12.1. The van der Waals surface area contributed by atoms with Gasteiger partial charge in [0, 0.05) is 49.8 Å². The van der Waals surface area contributed by atoms with E-state index < -0.39 is 0 Å². The van der Waals surface area contributed by atoms with Crippen LogP contribution in [0.15, 0.2) is 0 Å². The fraction of sp³-hybridized carbons (Fsp3) is 1.00. The zero-order valence-corrected chi connectivity index (χ0v) is 12.1. The van der Waals surface area contributed by atoms with Gasteiger partial charge in [0.2, 0.25) is 0 Å². The van der Waals surface area contributed by atoms with Crippen molar-refractivity contribution in [3.8, 4) is 0 Å². The molecular formula is C13H27N3S. The third-order valence-electron chi connectivity index (χ3n) is 3.66. The van der Waals surface area contributed by atoms with Gasteiger partial charge >= 0.3 is 0 Å². The Kier molecular flexibility index (Phi) is 5.60. The quantitative estimate of drug-likeness (QED) is 0.816. The van der Waals surface area contributed by atoms with Gasteiger partial charge in [-0.25, -0.2) is 0 Å². The molecule has 0 spiro atoms. The summed E-state index contributed by atoms with van der Waals surface area (Å²) < 4.78 is 0. The zero-order valence-electron chi connectivity index (χ0n) is 11.3. The van der Waals surface area contributed by atoms with Crippen LogP contribution in [0.5, 0.6) is 0 Å². The predicted octanol–water partition coefficient (Wildman–Crippen LogP) is 1.11. The summed E-state index contributed by atoms with van der Waals surface area (Å²) in [5, 5.41) is 5.09. The summed E-state index contributed by atoms with van der Waals surface area (Å²) in [6, 6.07) is 0. The van der Waals surface area contributed by atoms with Gasteiger partial charge in [-0.1, -0.05) is 13.8 Å². The lowest BCUT2D eigenvalue weighted by Crippen LogP contribution is -2.44. The second-order valence-electron chi connectivity index (χ2n) is 5.46. The Morgan fingerprint density at radius 3 is 2.47 bits per heavy atom. The normalized spacial score (nSPS) is 33.5. The van der Waals surface area contributed by atoms with E-state index in [1.807, 2.05) is 0 Å². The second kappa shape index (κ2) is 6.98. The molecular weight excluding hydrogens is 230 g/mol. The minimum Gasteiger partial charge on any atom is -0.315 e. The summed E-state index contributed by atoms with van der Waals surface area (Å²) in [4.78, 5) is 5.28. The Bertz CT molecular complexity index is 207. The largest absolute Gasteiger partial charge is 0.315 e. The van der Waals surface area contributed by atoms with Crippen LogP contribution >= 0.6 is 11.8 Å². The molecule has 0 amide bonds. The van der Waals surface area contributed by atoms with Crippen molar-refractivity contribution in [2.75, 3.05) is 52.4 Å². The highest BCUT2D eigenvalue weighted by atomic mass is 32.2. The van der Waals surface area contributed by atoms with Crippen LogP contribution in [0.25, 0.3) is 0 Å². The summed E-state index contributed by atoms with van der Waals surface area (Å²) in [5.41, 5.74) is 0. The molecule has 0 aromatic rings. The number of nitrogens with one attached hydrogen (secondary N) is 1. The van der Waals surface area contributed by atoms with Crippen molar-refractivity contribution >= 4 is 11.8 Å². The Morgan fingerprint density at radius 1 is 1.00 bits per heavy atom. The van der Waals surface area contributed by atoms with Gasteiger partial charge in [0.25, 0.3) is 0 Å². The molecule has 0 aromatic heterocycles. The molecule has 0 saturated carbocycles. The van der Waals surface area contributed by atoms with Crippen LogP contribution in [0.4, 0.5) is 0 Å². The minimum atomic E-state index is 0.810. The van der Waals surface area contributed by atoms with E-state index in [1.54, 1.807) is 0 Å². The SMILES string of the molecule is CC1CN(CCN2CCCNCC2)CC(C)S1. The number of hydrogen-bond donors (Lipinski definition) is 1. The topological polar surface area (TPSA) is 18.5 Å². The maximum absolute atomic E-state index is 3.47.